The van der Waals surface area contributed by atoms with Crippen LogP contribution in [-0.2, 0) is 19.1 Å². The summed E-state index contributed by atoms with van der Waals surface area (Å²) in [5.74, 6) is 0.428. The van der Waals surface area contributed by atoms with Gasteiger partial charge in [-0.25, -0.2) is 4.98 Å². The van der Waals surface area contributed by atoms with Crippen molar-refractivity contribution in [2.45, 2.75) is 19.1 Å². The number of rotatable bonds is 3. The highest BCUT2D eigenvalue weighted by Crippen LogP contribution is 2.33. The summed E-state index contributed by atoms with van der Waals surface area (Å²) in [5, 5.41) is 0.0798. The maximum atomic E-state index is 12.9. The molecule has 0 bridgehead atoms. The minimum atomic E-state index is -4.48. The molecule has 25 heavy (non-hydrogen) atoms. The lowest BCUT2D eigenvalue weighted by Gasteiger charge is -2.26. The first-order chi connectivity index (χ1) is 11.7. The van der Waals surface area contributed by atoms with Crippen LogP contribution in [0.2, 0.25) is 5.28 Å². The Kier molecular flexibility index (Phi) is 4.61. The summed E-state index contributed by atoms with van der Waals surface area (Å²) < 4.78 is 38.7. The predicted octanol–water partition coefficient (Wildman–Crippen LogP) is 3.16. The predicted molar refractivity (Wildman–Crippen MR) is 90.2 cm³/mol. The van der Waals surface area contributed by atoms with Crippen LogP contribution in [0.1, 0.15) is 16.8 Å². The van der Waals surface area contributed by atoms with Crippen molar-refractivity contribution in [3.8, 4) is 0 Å². The highest BCUT2D eigenvalue weighted by atomic mass is 35.5. The molecule has 0 unspecified atom stereocenters. The van der Waals surface area contributed by atoms with Gasteiger partial charge in [-0.2, -0.15) is 18.2 Å². The van der Waals surface area contributed by atoms with Gasteiger partial charge in [0.25, 0.3) is 0 Å². The van der Waals surface area contributed by atoms with E-state index in [1.54, 1.807) is 0 Å². The van der Waals surface area contributed by atoms with Crippen LogP contribution in [0, 0.1) is 0 Å². The smallest absolute Gasteiger partial charge is 0.399 e. The standard InChI is InChI=1S/C15H16ClF3N6/c1-25-3-2-12-11(7-25)13(22-14(16)21-12)24-23-10-5-8(15(17,18)19)4-9(20)6-10/h4-6,23H,2-3,7,20H2,1H3,(H,21,22,24). The van der Waals surface area contributed by atoms with Crippen molar-refractivity contribution in [3.63, 3.8) is 0 Å². The number of nitrogens with two attached hydrogens (primary N) is 1. The molecule has 4 N–H and O–H groups in total. The topological polar surface area (TPSA) is 79.1 Å². The van der Waals surface area contributed by atoms with E-state index >= 15 is 0 Å². The molecule has 1 aromatic heterocycles. The summed E-state index contributed by atoms with van der Waals surface area (Å²) in [6.45, 7) is 1.46. The average molecular weight is 373 g/mol. The Morgan fingerprint density at radius 2 is 1.96 bits per heavy atom. The summed E-state index contributed by atoms with van der Waals surface area (Å²) in [6, 6.07) is 3.23. The van der Waals surface area contributed by atoms with Gasteiger partial charge >= 0.3 is 6.18 Å². The van der Waals surface area contributed by atoms with Gasteiger partial charge < -0.3 is 10.6 Å². The van der Waals surface area contributed by atoms with Crippen molar-refractivity contribution in [2.24, 2.45) is 0 Å². The second kappa shape index (κ2) is 6.57. The van der Waals surface area contributed by atoms with E-state index in [0.717, 1.165) is 36.4 Å². The molecular formula is C15H16ClF3N6. The number of alkyl halides is 3. The van der Waals surface area contributed by atoms with Gasteiger partial charge in [-0.05, 0) is 36.8 Å². The minimum absolute atomic E-state index is 0.00149. The molecule has 1 aliphatic heterocycles. The van der Waals surface area contributed by atoms with Crippen LogP contribution in [0.4, 0.5) is 30.4 Å². The lowest BCUT2D eigenvalue weighted by Crippen LogP contribution is -2.29. The van der Waals surface area contributed by atoms with Crippen molar-refractivity contribution < 1.29 is 13.2 Å². The molecule has 0 radical (unpaired) electrons. The Labute approximate surface area is 147 Å². The van der Waals surface area contributed by atoms with Gasteiger partial charge in [-0.1, -0.05) is 0 Å². The molecule has 10 heteroatoms. The van der Waals surface area contributed by atoms with Gasteiger partial charge in [0.05, 0.1) is 16.9 Å². The van der Waals surface area contributed by atoms with Crippen molar-refractivity contribution >= 4 is 28.8 Å². The number of likely N-dealkylation sites (N-methyl/N-ethyl adjacent to an activating group) is 1. The third-order valence-corrected chi connectivity index (χ3v) is 4.00. The van der Waals surface area contributed by atoms with Gasteiger partial charge in [0.2, 0.25) is 5.28 Å². The van der Waals surface area contributed by atoms with Gasteiger partial charge in [0.1, 0.15) is 0 Å². The summed E-state index contributed by atoms with van der Waals surface area (Å²) in [6.07, 6.45) is -3.76. The molecule has 0 saturated carbocycles. The fourth-order valence-electron chi connectivity index (χ4n) is 2.64. The number of hydrogen-bond donors (Lipinski definition) is 3. The number of hydrogen-bond acceptors (Lipinski definition) is 6. The zero-order valence-corrected chi connectivity index (χ0v) is 14.0. The molecule has 1 aromatic carbocycles. The Bertz CT molecular complexity index is 796. The molecule has 3 rings (SSSR count). The number of nitrogens with zero attached hydrogens (tertiary/aromatic N) is 3. The fourth-order valence-corrected chi connectivity index (χ4v) is 2.83. The number of hydrazine groups is 1. The van der Waals surface area contributed by atoms with E-state index in [-0.39, 0.29) is 16.7 Å². The summed E-state index contributed by atoms with van der Waals surface area (Å²) >= 11 is 5.94. The molecule has 0 atom stereocenters. The second-order valence-corrected chi connectivity index (χ2v) is 6.18. The van der Waals surface area contributed by atoms with E-state index in [1.165, 1.54) is 6.07 Å². The third-order valence-electron chi connectivity index (χ3n) is 3.83. The lowest BCUT2D eigenvalue weighted by atomic mass is 10.1. The van der Waals surface area contributed by atoms with Crippen molar-refractivity contribution in [3.05, 3.63) is 40.3 Å². The zero-order valence-electron chi connectivity index (χ0n) is 13.3. The van der Waals surface area contributed by atoms with Crippen LogP contribution < -0.4 is 16.6 Å². The number of anilines is 3. The first-order valence-electron chi connectivity index (χ1n) is 7.46. The maximum absolute atomic E-state index is 12.9. The number of nitrogens with one attached hydrogen (secondary N) is 2. The van der Waals surface area contributed by atoms with Gasteiger partial charge in [-0.15, -0.1) is 0 Å². The molecule has 0 amide bonds. The van der Waals surface area contributed by atoms with Crippen molar-refractivity contribution in [2.75, 3.05) is 30.2 Å². The van der Waals surface area contributed by atoms with Crippen LogP contribution in [0.25, 0.3) is 0 Å². The first kappa shape index (κ1) is 17.6. The number of aromatic nitrogens is 2. The maximum Gasteiger partial charge on any atom is 0.416 e. The highest BCUT2D eigenvalue weighted by molar-refractivity contribution is 6.28. The van der Waals surface area contributed by atoms with Crippen LogP contribution in [0.3, 0.4) is 0 Å². The quantitative estimate of drug-likeness (QED) is 0.436. The first-order valence-corrected chi connectivity index (χ1v) is 7.84. The number of fused-ring (bicyclic) bond motifs is 1. The third kappa shape index (κ3) is 4.05. The summed E-state index contributed by atoms with van der Waals surface area (Å²) in [4.78, 5) is 10.4. The van der Waals surface area contributed by atoms with Gasteiger partial charge in [0, 0.05) is 30.8 Å². The number of halogens is 4. The molecule has 0 aliphatic carbocycles. The minimum Gasteiger partial charge on any atom is -0.399 e. The van der Waals surface area contributed by atoms with Crippen molar-refractivity contribution in [1.29, 1.82) is 0 Å². The Morgan fingerprint density at radius 3 is 2.68 bits per heavy atom. The zero-order chi connectivity index (χ0) is 18.2. The number of benzene rings is 1. The van der Waals surface area contributed by atoms with Crippen LogP contribution in [0.15, 0.2) is 18.2 Å². The van der Waals surface area contributed by atoms with Crippen molar-refractivity contribution in [1.82, 2.24) is 14.9 Å². The Morgan fingerprint density at radius 1 is 1.20 bits per heavy atom. The largest absolute Gasteiger partial charge is 0.416 e. The monoisotopic (exact) mass is 372 g/mol. The molecule has 6 nitrogen and oxygen atoms in total. The average Bonchev–Trinajstić information content (AvgIpc) is 2.52. The summed E-state index contributed by atoms with van der Waals surface area (Å²) in [5.41, 5.74) is 12.1. The molecule has 0 fully saturated rings. The van der Waals surface area contributed by atoms with E-state index in [2.05, 4.69) is 25.7 Å². The van der Waals surface area contributed by atoms with Gasteiger partial charge in [-0.3, -0.25) is 10.9 Å². The molecule has 134 valence electrons. The fraction of sp³-hybridized carbons (Fsp3) is 0.333. The van der Waals surface area contributed by atoms with E-state index in [9.17, 15) is 13.2 Å². The van der Waals surface area contributed by atoms with Gasteiger partial charge in [0.15, 0.2) is 5.82 Å². The Hall–Kier alpha value is -2.26. The molecule has 1 aliphatic rings. The normalized spacial score (nSPS) is 14.9. The highest BCUT2D eigenvalue weighted by Gasteiger charge is 2.31. The molecular weight excluding hydrogens is 357 g/mol. The molecule has 0 spiro atoms. The molecule has 2 aromatic rings. The molecule has 0 saturated heterocycles. The second-order valence-electron chi connectivity index (χ2n) is 5.85. The van der Waals surface area contributed by atoms with E-state index in [4.69, 9.17) is 17.3 Å². The lowest BCUT2D eigenvalue weighted by molar-refractivity contribution is -0.137. The van der Waals surface area contributed by atoms with Crippen LogP contribution in [0.5, 0.6) is 0 Å². The SMILES string of the molecule is CN1CCc2nc(Cl)nc(NNc3cc(N)cc(C(F)(F)F)c3)c2C1. The van der Waals surface area contributed by atoms with E-state index < -0.39 is 11.7 Å². The van der Waals surface area contributed by atoms with E-state index in [0.29, 0.717) is 12.4 Å². The number of nitrogen functional groups attached to an aromatic ring is 1. The molecule has 2 heterocycles. The van der Waals surface area contributed by atoms with Crippen LogP contribution >= 0.6 is 11.6 Å². The van der Waals surface area contributed by atoms with E-state index in [1.807, 2.05) is 7.05 Å². The Balaban J connectivity index is 1.85. The van der Waals surface area contributed by atoms with Crippen LogP contribution in [-0.4, -0.2) is 28.5 Å². The summed E-state index contributed by atoms with van der Waals surface area (Å²) in [7, 11) is 1.96.